The molecule has 0 aromatic rings. The number of carboxylic acids is 1. The largest absolute Gasteiger partial charge is 0.480 e. The molecule has 0 radical (unpaired) electrons. The van der Waals surface area contributed by atoms with Gasteiger partial charge in [-0.25, -0.2) is 0 Å². The highest BCUT2D eigenvalue weighted by Gasteiger charge is 2.17. The topological polar surface area (TPSA) is 106 Å². The molecule has 0 saturated heterocycles. The lowest BCUT2D eigenvalue weighted by Gasteiger charge is -2.12. The van der Waals surface area contributed by atoms with E-state index in [9.17, 15) is 9.59 Å². The third-order valence-electron chi connectivity index (χ3n) is 4.55. The van der Waals surface area contributed by atoms with E-state index < -0.39 is 18.1 Å². The predicted octanol–water partition coefficient (Wildman–Crippen LogP) is 3.78. The van der Waals surface area contributed by atoms with Crippen LogP contribution < -0.4 is 11.5 Å². The monoisotopic (exact) mass is 342 g/mol. The van der Waals surface area contributed by atoms with Crippen LogP contribution >= 0.6 is 0 Å². The zero-order valence-electron chi connectivity index (χ0n) is 15.5. The number of nitrogens with two attached hydrogens (primary N) is 2. The van der Waals surface area contributed by atoms with Gasteiger partial charge in [0.15, 0.2) is 0 Å². The van der Waals surface area contributed by atoms with Gasteiger partial charge in [-0.3, -0.25) is 9.59 Å². The Bertz CT molecular complexity index is 335. The molecule has 2 atom stereocenters. The Morgan fingerprint density at radius 1 is 0.750 bits per heavy atom. The van der Waals surface area contributed by atoms with E-state index in [2.05, 4.69) is 6.92 Å². The van der Waals surface area contributed by atoms with E-state index in [-0.39, 0.29) is 12.2 Å². The van der Waals surface area contributed by atoms with Crippen LogP contribution in [-0.4, -0.2) is 28.9 Å². The number of carbonyl (C=O) groups excluding carboxylic acids is 1. The maximum absolute atomic E-state index is 11.9. The summed E-state index contributed by atoms with van der Waals surface area (Å²) < 4.78 is 0. The summed E-state index contributed by atoms with van der Waals surface area (Å²) in [5.41, 5.74) is 11.2. The summed E-state index contributed by atoms with van der Waals surface area (Å²) in [7, 11) is 0. The van der Waals surface area contributed by atoms with Crippen molar-refractivity contribution >= 4 is 11.8 Å². The molecule has 0 fully saturated rings. The highest BCUT2D eigenvalue weighted by Crippen LogP contribution is 2.12. The first kappa shape index (κ1) is 23.1. The summed E-state index contributed by atoms with van der Waals surface area (Å²) in [6.07, 6.45) is 14.9. The number of Topliss-reactive ketones (excluding diaryl/α,β-unsaturated/α-hetero) is 1. The van der Waals surface area contributed by atoms with Gasteiger partial charge in [0, 0.05) is 6.42 Å². The van der Waals surface area contributed by atoms with Crippen molar-refractivity contribution in [3.8, 4) is 0 Å². The van der Waals surface area contributed by atoms with Crippen molar-refractivity contribution in [2.45, 2.75) is 109 Å². The number of hydrogen-bond donors (Lipinski definition) is 3. The SMILES string of the molecule is CCCCCCCCCCCCCC(=O)C(N)CC[C@H](N)C(=O)O. The summed E-state index contributed by atoms with van der Waals surface area (Å²) in [5.74, 6) is -1.01. The van der Waals surface area contributed by atoms with Gasteiger partial charge < -0.3 is 16.6 Å². The maximum atomic E-state index is 11.9. The molecule has 5 heteroatoms. The molecule has 0 aliphatic carbocycles. The quantitative estimate of drug-likeness (QED) is 0.349. The minimum absolute atomic E-state index is 0.0310. The first-order chi connectivity index (χ1) is 11.5. The van der Waals surface area contributed by atoms with Crippen molar-refractivity contribution in [3.63, 3.8) is 0 Å². The second kappa shape index (κ2) is 15.6. The van der Waals surface area contributed by atoms with Gasteiger partial charge in [-0.1, -0.05) is 71.1 Å². The number of carboxylic acid groups (broad SMARTS) is 1. The highest BCUT2D eigenvalue weighted by atomic mass is 16.4. The van der Waals surface area contributed by atoms with Crippen LogP contribution in [0.5, 0.6) is 0 Å². The molecular formula is C19H38N2O3. The molecule has 142 valence electrons. The summed E-state index contributed by atoms with van der Waals surface area (Å²) in [6, 6.07) is -1.50. The van der Waals surface area contributed by atoms with Crippen molar-refractivity contribution in [1.29, 1.82) is 0 Å². The maximum Gasteiger partial charge on any atom is 0.320 e. The fourth-order valence-electron chi connectivity index (χ4n) is 2.79. The smallest absolute Gasteiger partial charge is 0.320 e. The van der Waals surface area contributed by atoms with Gasteiger partial charge >= 0.3 is 5.97 Å². The molecule has 5 N–H and O–H groups in total. The number of hydrogen-bond acceptors (Lipinski definition) is 4. The van der Waals surface area contributed by atoms with Gasteiger partial charge in [0.2, 0.25) is 0 Å². The van der Waals surface area contributed by atoms with Crippen LogP contribution in [-0.2, 0) is 9.59 Å². The van der Waals surface area contributed by atoms with Gasteiger partial charge in [0.1, 0.15) is 11.8 Å². The molecule has 0 aromatic heterocycles. The van der Waals surface area contributed by atoms with Crippen LogP contribution in [0.4, 0.5) is 0 Å². The molecule has 1 unspecified atom stereocenters. The molecule has 0 spiro atoms. The minimum Gasteiger partial charge on any atom is -0.480 e. The molecule has 0 aliphatic rings. The van der Waals surface area contributed by atoms with Crippen LogP contribution in [0.2, 0.25) is 0 Å². The minimum atomic E-state index is -1.04. The fourth-order valence-corrected chi connectivity index (χ4v) is 2.79. The predicted molar refractivity (Wildman–Crippen MR) is 98.9 cm³/mol. The molecule has 0 amide bonds. The zero-order chi connectivity index (χ0) is 18.2. The first-order valence-electron chi connectivity index (χ1n) is 9.75. The highest BCUT2D eigenvalue weighted by molar-refractivity contribution is 5.83. The lowest BCUT2D eigenvalue weighted by molar-refractivity contribution is -0.138. The molecule has 24 heavy (non-hydrogen) atoms. The van der Waals surface area contributed by atoms with Gasteiger partial charge in [-0.05, 0) is 19.3 Å². The lowest BCUT2D eigenvalue weighted by atomic mass is 9.99. The summed E-state index contributed by atoms with van der Waals surface area (Å²) in [5, 5.41) is 8.70. The summed E-state index contributed by atoms with van der Waals surface area (Å²) in [4.78, 5) is 22.5. The summed E-state index contributed by atoms with van der Waals surface area (Å²) >= 11 is 0. The molecule has 0 heterocycles. The Labute approximate surface area is 147 Å². The van der Waals surface area contributed by atoms with Gasteiger partial charge in [-0.15, -0.1) is 0 Å². The first-order valence-corrected chi connectivity index (χ1v) is 9.75. The van der Waals surface area contributed by atoms with E-state index in [4.69, 9.17) is 16.6 Å². The Balaban J connectivity index is 3.43. The van der Waals surface area contributed by atoms with Crippen molar-refractivity contribution < 1.29 is 14.7 Å². The van der Waals surface area contributed by atoms with Crippen LogP contribution in [0, 0.1) is 0 Å². The average molecular weight is 343 g/mol. The van der Waals surface area contributed by atoms with E-state index in [0.29, 0.717) is 12.8 Å². The average Bonchev–Trinajstić information content (AvgIpc) is 2.56. The number of carbonyl (C=O) groups is 2. The fraction of sp³-hybridized carbons (Fsp3) is 0.895. The van der Waals surface area contributed by atoms with Gasteiger partial charge in [-0.2, -0.15) is 0 Å². The van der Waals surface area contributed by atoms with E-state index in [1.807, 2.05) is 0 Å². The van der Waals surface area contributed by atoms with Crippen LogP contribution in [0.3, 0.4) is 0 Å². The second-order valence-corrected chi connectivity index (χ2v) is 6.88. The van der Waals surface area contributed by atoms with Crippen molar-refractivity contribution in [1.82, 2.24) is 0 Å². The van der Waals surface area contributed by atoms with Crippen molar-refractivity contribution in [2.75, 3.05) is 0 Å². The van der Waals surface area contributed by atoms with Crippen LogP contribution in [0.25, 0.3) is 0 Å². The standard InChI is InChI=1S/C19H38N2O3/c1-2-3-4-5-6-7-8-9-10-11-12-13-18(22)16(20)14-15-17(21)19(23)24/h16-17H,2-15,20-21H2,1H3,(H,23,24)/t16?,17-/m0/s1. The molecule has 0 bridgehead atoms. The van der Waals surface area contributed by atoms with Gasteiger partial charge in [0.05, 0.1) is 6.04 Å². The number of ketones is 1. The van der Waals surface area contributed by atoms with E-state index in [1.165, 1.54) is 57.8 Å². The van der Waals surface area contributed by atoms with Gasteiger partial charge in [0.25, 0.3) is 0 Å². The Morgan fingerprint density at radius 2 is 1.17 bits per heavy atom. The van der Waals surface area contributed by atoms with E-state index >= 15 is 0 Å². The molecule has 0 rings (SSSR count). The number of rotatable bonds is 17. The molecule has 0 saturated carbocycles. The summed E-state index contributed by atoms with van der Waals surface area (Å²) in [6.45, 7) is 2.24. The van der Waals surface area contributed by atoms with Crippen molar-refractivity contribution in [3.05, 3.63) is 0 Å². The Hall–Kier alpha value is -0.940. The molecular weight excluding hydrogens is 304 g/mol. The zero-order valence-corrected chi connectivity index (χ0v) is 15.5. The lowest BCUT2D eigenvalue weighted by Crippen LogP contribution is -2.35. The van der Waals surface area contributed by atoms with Crippen molar-refractivity contribution in [2.24, 2.45) is 11.5 Å². The second-order valence-electron chi connectivity index (χ2n) is 6.88. The Morgan fingerprint density at radius 3 is 1.62 bits per heavy atom. The van der Waals surface area contributed by atoms with E-state index in [0.717, 1.165) is 12.8 Å². The Kier molecular flexibility index (Phi) is 15.0. The third kappa shape index (κ3) is 13.5. The molecule has 0 aliphatic heterocycles. The van der Waals surface area contributed by atoms with Crippen LogP contribution in [0.1, 0.15) is 96.8 Å². The molecule has 0 aromatic carbocycles. The number of aliphatic carboxylic acids is 1. The number of unbranched alkanes of at least 4 members (excludes halogenated alkanes) is 10. The van der Waals surface area contributed by atoms with Crippen LogP contribution in [0.15, 0.2) is 0 Å². The normalized spacial score (nSPS) is 13.6. The third-order valence-corrected chi connectivity index (χ3v) is 4.55. The van der Waals surface area contributed by atoms with E-state index in [1.54, 1.807) is 0 Å². The molecule has 5 nitrogen and oxygen atoms in total.